The first-order chi connectivity index (χ1) is 13.4. The van der Waals surface area contributed by atoms with Crippen molar-refractivity contribution in [3.8, 4) is 5.75 Å². The molecule has 28 heavy (non-hydrogen) atoms. The van der Waals surface area contributed by atoms with Gasteiger partial charge in [0.15, 0.2) is 6.61 Å². The number of hydrogen-bond donors (Lipinski definition) is 2. The number of ether oxygens (including phenoxy) is 1. The van der Waals surface area contributed by atoms with Crippen LogP contribution in [0.3, 0.4) is 0 Å². The first-order valence-electron chi connectivity index (χ1n) is 8.72. The van der Waals surface area contributed by atoms with Crippen molar-refractivity contribution in [1.29, 1.82) is 0 Å². The van der Waals surface area contributed by atoms with E-state index in [0.29, 0.717) is 15.8 Å². The van der Waals surface area contributed by atoms with Gasteiger partial charge in [0, 0.05) is 18.1 Å². The quantitative estimate of drug-likeness (QED) is 0.648. The van der Waals surface area contributed by atoms with E-state index in [1.54, 1.807) is 55.5 Å². The zero-order valence-corrected chi connectivity index (χ0v) is 16.9. The van der Waals surface area contributed by atoms with E-state index in [2.05, 4.69) is 5.32 Å². The third kappa shape index (κ3) is 6.41. The molecule has 2 N–H and O–H groups in total. The average molecular weight is 425 g/mol. The summed E-state index contributed by atoms with van der Waals surface area (Å²) in [4.78, 5) is 26.6. The minimum absolute atomic E-state index is 0.113. The fourth-order valence-corrected chi connectivity index (χ4v) is 2.80. The van der Waals surface area contributed by atoms with Gasteiger partial charge in [0.2, 0.25) is 5.91 Å². The molecule has 0 saturated heterocycles. The summed E-state index contributed by atoms with van der Waals surface area (Å²) >= 11 is 12.0. The number of amides is 2. The number of rotatable bonds is 9. The van der Waals surface area contributed by atoms with E-state index < -0.39 is 6.04 Å². The van der Waals surface area contributed by atoms with Gasteiger partial charge in [-0.25, -0.2) is 0 Å². The number of carbonyl (C=O) groups excluding carboxylic acids is 2. The number of nitrogens with zero attached hydrogens (tertiary/aromatic N) is 1. The second kappa shape index (κ2) is 10.9. The number of aliphatic hydroxyl groups excluding tert-OH is 1. The molecule has 0 heterocycles. The number of hydrogen-bond acceptors (Lipinski definition) is 4. The molecular weight excluding hydrogens is 403 g/mol. The van der Waals surface area contributed by atoms with Crippen LogP contribution in [0.25, 0.3) is 0 Å². The van der Waals surface area contributed by atoms with Crippen molar-refractivity contribution in [2.45, 2.75) is 19.5 Å². The monoisotopic (exact) mass is 424 g/mol. The minimum Gasteiger partial charge on any atom is -0.482 e. The highest BCUT2D eigenvalue weighted by molar-refractivity contribution is 6.32. The average Bonchev–Trinajstić information content (AvgIpc) is 2.70. The molecule has 6 nitrogen and oxygen atoms in total. The minimum atomic E-state index is -0.760. The Morgan fingerprint density at radius 2 is 1.82 bits per heavy atom. The Morgan fingerprint density at radius 1 is 1.14 bits per heavy atom. The molecule has 0 unspecified atom stereocenters. The molecular formula is C20H22Cl2N2O4. The van der Waals surface area contributed by atoms with Crippen molar-refractivity contribution < 1.29 is 19.4 Å². The highest BCUT2D eigenvalue weighted by Crippen LogP contribution is 2.23. The largest absolute Gasteiger partial charge is 0.482 e. The maximum Gasteiger partial charge on any atom is 0.261 e. The number of nitrogens with one attached hydrogen (secondary N) is 1. The standard InChI is InChI=1S/C20H22Cl2N2O4/c1-14(20(27)23-10-11-25)24(12-15-6-8-16(21)9-7-15)19(26)13-28-18-5-3-2-4-17(18)22/h2-9,14,25H,10-13H2,1H3,(H,23,27)/t14-/m1/s1. The molecule has 150 valence electrons. The lowest BCUT2D eigenvalue weighted by Crippen LogP contribution is -2.49. The Morgan fingerprint density at radius 3 is 2.46 bits per heavy atom. The normalized spacial score (nSPS) is 11.6. The van der Waals surface area contributed by atoms with Gasteiger partial charge < -0.3 is 20.1 Å². The van der Waals surface area contributed by atoms with E-state index in [1.807, 2.05) is 0 Å². The topological polar surface area (TPSA) is 78.9 Å². The Bertz CT molecular complexity index is 799. The van der Waals surface area contributed by atoms with Crippen molar-refractivity contribution >= 4 is 35.0 Å². The molecule has 0 saturated carbocycles. The maximum atomic E-state index is 12.8. The lowest BCUT2D eigenvalue weighted by atomic mass is 10.1. The van der Waals surface area contributed by atoms with Gasteiger partial charge in [0.25, 0.3) is 5.91 Å². The predicted molar refractivity (Wildman–Crippen MR) is 109 cm³/mol. The SMILES string of the molecule is C[C@H](C(=O)NCCO)N(Cc1ccc(Cl)cc1)C(=O)COc1ccccc1Cl. The van der Waals surface area contributed by atoms with Crippen LogP contribution in [0.1, 0.15) is 12.5 Å². The molecule has 0 spiro atoms. The van der Waals surface area contributed by atoms with Crippen LogP contribution in [0.2, 0.25) is 10.0 Å². The van der Waals surface area contributed by atoms with Crippen LogP contribution in [0.15, 0.2) is 48.5 Å². The van der Waals surface area contributed by atoms with Gasteiger partial charge in [-0.2, -0.15) is 0 Å². The van der Waals surface area contributed by atoms with Crippen molar-refractivity contribution in [2.24, 2.45) is 0 Å². The van der Waals surface area contributed by atoms with E-state index in [0.717, 1.165) is 5.56 Å². The summed E-state index contributed by atoms with van der Waals surface area (Å²) in [6, 6.07) is 13.1. The number of para-hydroxylation sites is 1. The molecule has 2 aromatic rings. The summed E-state index contributed by atoms with van der Waals surface area (Å²) in [6.45, 7) is 1.49. The molecule has 0 aliphatic heterocycles. The first kappa shape index (κ1) is 22.0. The third-order valence-electron chi connectivity index (χ3n) is 4.03. The summed E-state index contributed by atoms with van der Waals surface area (Å²) in [5.41, 5.74) is 0.817. The maximum absolute atomic E-state index is 12.8. The van der Waals surface area contributed by atoms with Crippen LogP contribution in [-0.4, -0.2) is 47.6 Å². The smallest absolute Gasteiger partial charge is 0.261 e. The van der Waals surface area contributed by atoms with Crippen LogP contribution in [-0.2, 0) is 16.1 Å². The highest BCUT2D eigenvalue weighted by atomic mass is 35.5. The van der Waals surface area contributed by atoms with E-state index in [9.17, 15) is 9.59 Å². The first-order valence-corrected chi connectivity index (χ1v) is 9.47. The number of carbonyl (C=O) groups is 2. The third-order valence-corrected chi connectivity index (χ3v) is 4.60. The van der Waals surface area contributed by atoms with Crippen molar-refractivity contribution in [3.63, 3.8) is 0 Å². The molecule has 0 aliphatic carbocycles. The molecule has 0 bridgehead atoms. The fraction of sp³-hybridized carbons (Fsp3) is 0.300. The summed E-state index contributed by atoms with van der Waals surface area (Å²) in [5, 5.41) is 12.5. The second-order valence-corrected chi connectivity index (χ2v) is 6.90. The molecule has 2 aromatic carbocycles. The van der Waals surface area contributed by atoms with Crippen LogP contribution in [0.4, 0.5) is 0 Å². The molecule has 0 aliphatic rings. The highest BCUT2D eigenvalue weighted by Gasteiger charge is 2.26. The van der Waals surface area contributed by atoms with Gasteiger partial charge in [-0.1, -0.05) is 47.5 Å². The number of benzene rings is 2. The van der Waals surface area contributed by atoms with Crippen LogP contribution < -0.4 is 10.1 Å². The van der Waals surface area contributed by atoms with Gasteiger partial charge in [-0.3, -0.25) is 9.59 Å². The van der Waals surface area contributed by atoms with Crippen LogP contribution in [0, 0.1) is 0 Å². The Balaban J connectivity index is 2.13. The van der Waals surface area contributed by atoms with E-state index >= 15 is 0 Å². The molecule has 2 amide bonds. The Kier molecular flexibility index (Phi) is 8.57. The summed E-state index contributed by atoms with van der Waals surface area (Å²) in [7, 11) is 0. The van der Waals surface area contributed by atoms with E-state index in [-0.39, 0.29) is 38.1 Å². The predicted octanol–water partition coefficient (Wildman–Crippen LogP) is 2.90. The zero-order valence-electron chi connectivity index (χ0n) is 15.4. The van der Waals surface area contributed by atoms with Gasteiger partial charge in [-0.05, 0) is 36.8 Å². The number of halogens is 2. The summed E-state index contributed by atoms with van der Waals surface area (Å²) in [6.07, 6.45) is 0. The van der Waals surface area contributed by atoms with E-state index in [4.69, 9.17) is 33.0 Å². The molecule has 0 fully saturated rings. The van der Waals surface area contributed by atoms with Gasteiger partial charge >= 0.3 is 0 Å². The lowest BCUT2D eigenvalue weighted by Gasteiger charge is -2.28. The fourth-order valence-electron chi connectivity index (χ4n) is 2.48. The Labute approximate surface area is 174 Å². The molecule has 0 radical (unpaired) electrons. The molecule has 0 aromatic heterocycles. The molecule has 1 atom stereocenters. The molecule has 2 rings (SSSR count). The van der Waals surface area contributed by atoms with Crippen LogP contribution >= 0.6 is 23.2 Å². The van der Waals surface area contributed by atoms with Crippen molar-refractivity contribution in [2.75, 3.05) is 19.8 Å². The second-order valence-electron chi connectivity index (χ2n) is 6.06. The van der Waals surface area contributed by atoms with Gasteiger partial charge in [-0.15, -0.1) is 0 Å². The van der Waals surface area contributed by atoms with Crippen molar-refractivity contribution in [3.05, 3.63) is 64.1 Å². The van der Waals surface area contributed by atoms with E-state index in [1.165, 1.54) is 4.90 Å². The summed E-state index contributed by atoms with van der Waals surface area (Å²) < 4.78 is 5.53. The van der Waals surface area contributed by atoms with Gasteiger partial charge in [0.05, 0.1) is 11.6 Å². The number of aliphatic hydroxyl groups is 1. The van der Waals surface area contributed by atoms with Crippen LogP contribution in [0.5, 0.6) is 5.75 Å². The molecule has 8 heteroatoms. The Hall–Kier alpha value is -2.28. The summed E-state index contributed by atoms with van der Waals surface area (Å²) in [5.74, 6) is -0.350. The lowest BCUT2D eigenvalue weighted by molar-refractivity contribution is -0.142. The van der Waals surface area contributed by atoms with Crippen molar-refractivity contribution in [1.82, 2.24) is 10.2 Å². The van der Waals surface area contributed by atoms with Gasteiger partial charge in [0.1, 0.15) is 11.8 Å². The zero-order chi connectivity index (χ0) is 20.5.